The molecule has 0 amide bonds. The highest BCUT2D eigenvalue weighted by molar-refractivity contribution is 7.10. The van der Waals surface area contributed by atoms with Gasteiger partial charge in [-0.25, -0.2) is 4.98 Å². The van der Waals surface area contributed by atoms with Crippen LogP contribution in [-0.4, -0.2) is 22.2 Å². The van der Waals surface area contributed by atoms with Crippen molar-refractivity contribution in [2.45, 2.75) is 13.3 Å². The first-order valence-electron chi connectivity index (χ1n) is 8.20. The second kappa shape index (κ2) is 7.09. The van der Waals surface area contributed by atoms with Crippen LogP contribution in [-0.2, 0) is 6.42 Å². The summed E-state index contributed by atoms with van der Waals surface area (Å²) in [6, 6.07) is 15.9. The molecule has 0 spiro atoms. The van der Waals surface area contributed by atoms with Gasteiger partial charge in [0.1, 0.15) is 10.8 Å². The zero-order valence-electron chi connectivity index (χ0n) is 14.5. The third-order valence-corrected chi connectivity index (χ3v) is 4.87. The van der Waals surface area contributed by atoms with Gasteiger partial charge in [0.15, 0.2) is 0 Å². The molecule has 0 saturated heterocycles. The summed E-state index contributed by atoms with van der Waals surface area (Å²) in [4.78, 5) is 9.16. The molecule has 4 aromatic rings. The zero-order valence-corrected chi connectivity index (χ0v) is 15.3. The lowest BCUT2D eigenvalue weighted by Gasteiger charge is -2.00. The number of benzene rings is 2. The summed E-state index contributed by atoms with van der Waals surface area (Å²) in [5.41, 5.74) is 4.14. The Morgan fingerprint density at radius 1 is 0.962 bits per heavy atom. The molecule has 2 heterocycles. The van der Waals surface area contributed by atoms with Crippen LogP contribution in [0.2, 0.25) is 0 Å². The van der Waals surface area contributed by atoms with Crippen molar-refractivity contribution in [1.29, 1.82) is 0 Å². The predicted octanol–water partition coefficient (Wildman–Crippen LogP) is 4.77. The van der Waals surface area contributed by atoms with E-state index in [1.165, 1.54) is 5.56 Å². The van der Waals surface area contributed by atoms with E-state index in [4.69, 9.17) is 9.26 Å². The number of methoxy groups -OCH3 is 1. The van der Waals surface area contributed by atoms with E-state index in [2.05, 4.69) is 15.1 Å². The maximum atomic E-state index is 5.39. The summed E-state index contributed by atoms with van der Waals surface area (Å²) in [6.07, 6.45) is 0.527. The zero-order chi connectivity index (χ0) is 17.9. The number of aryl methyl sites for hydroxylation is 1. The number of hydrogen-bond donors (Lipinski definition) is 0. The highest BCUT2D eigenvalue weighted by atomic mass is 32.1. The standard InChI is InChI=1S/C20H17N3O2S/c1-13-3-5-15(6-4-13)20-22-18(25-23-20)11-19-21-17(12-26-19)14-7-9-16(24-2)10-8-14/h3-10,12H,11H2,1-2H3. The van der Waals surface area contributed by atoms with Gasteiger partial charge in [-0.05, 0) is 31.2 Å². The average molecular weight is 363 g/mol. The van der Waals surface area contributed by atoms with Crippen LogP contribution in [0.15, 0.2) is 58.4 Å². The summed E-state index contributed by atoms with van der Waals surface area (Å²) in [5, 5.41) is 7.05. The molecule has 0 unspecified atom stereocenters. The van der Waals surface area contributed by atoms with Crippen LogP contribution in [0.5, 0.6) is 5.75 Å². The van der Waals surface area contributed by atoms with Gasteiger partial charge in [0.2, 0.25) is 11.7 Å². The maximum absolute atomic E-state index is 5.39. The summed E-state index contributed by atoms with van der Waals surface area (Å²) < 4.78 is 10.6. The summed E-state index contributed by atoms with van der Waals surface area (Å²) >= 11 is 1.59. The minimum atomic E-state index is 0.527. The third-order valence-electron chi connectivity index (χ3n) is 4.02. The monoisotopic (exact) mass is 363 g/mol. The van der Waals surface area contributed by atoms with Crippen molar-refractivity contribution in [2.75, 3.05) is 7.11 Å². The molecule has 0 bridgehead atoms. The Kier molecular flexibility index (Phi) is 4.50. The van der Waals surface area contributed by atoms with Crippen LogP contribution in [0.3, 0.4) is 0 Å². The fraction of sp³-hybridized carbons (Fsp3) is 0.150. The van der Waals surface area contributed by atoms with Crippen LogP contribution < -0.4 is 4.74 Å². The topological polar surface area (TPSA) is 61.0 Å². The van der Waals surface area contributed by atoms with Crippen molar-refractivity contribution < 1.29 is 9.26 Å². The first-order chi connectivity index (χ1) is 12.7. The van der Waals surface area contributed by atoms with Gasteiger partial charge < -0.3 is 9.26 Å². The molecule has 130 valence electrons. The molecule has 0 aliphatic carbocycles. The summed E-state index contributed by atoms with van der Waals surface area (Å²) in [7, 11) is 1.66. The highest BCUT2D eigenvalue weighted by Gasteiger charge is 2.12. The number of rotatable bonds is 5. The SMILES string of the molecule is COc1ccc(-c2csc(Cc3nc(-c4ccc(C)cc4)no3)n2)cc1. The largest absolute Gasteiger partial charge is 0.497 e. The molecular formula is C20H17N3O2S. The van der Waals surface area contributed by atoms with Crippen molar-refractivity contribution in [3.63, 3.8) is 0 Å². The molecule has 4 rings (SSSR count). The minimum absolute atomic E-state index is 0.527. The first kappa shape index (κ1) is 16.5. The fourth-order valence-electron chi connectivity index (χ4n) is 2.56. The Morgan fingerprint density at radius 3 is 2.42 bits per heavy atom. The predicted molar refractivity (Wildman–Crippen MR) is 101 cm³/mol. The molecule has 0 fully saturated rings. The number of aromatic nitrogens is 3. The van der Waals surface area contributed by atoms with Gasteiger partial charge in [-0.3, -0.25) is 0 Å². The Bertz CT molecular complexity index is 1000. The average Bonchev–Trinajstić information content (AvgIpc) is 3.33. The lowest BCUT2D eigenvalue weighted by Crippen LogP contribution is -1.89. The molecule has 0 N–H and O–H groups in total. The number of nitrogens with zero attached hydrogens (tertiary/aromatic N) is 3. The normalized spacial score (nSPS) is 10.8. The quantitative estimate of drug-likeness (QED) is 0.511. The van der Waals surface area contributed by atoms with E-state index < -0.39 is 0 Å². The second-order valence-corrected chi connectivity index (χ2v) is 6.85. The number of ether oxygens (including phenoxy) is 1. The van der Waals surface area contributed by atoms with E-state index in [1.54, 1.807) is 18.4 Å². The fourth-order valence-corrected chi connectivity index (χ4v) is 3.36. The van der Waals surface area contributed by atoms with Crippen LogP contribution in [0.25, 0.3) is 22.6 Å². The molecule has 2 aromatic heterocycles. The van der Waals surface area contributed by atoms with Crippen LogP contribution in [0, 0.1) is 6.92 Å². The van der Waals surface area contributed by atoms with Gasteiger partial charge in [0, 0.05) is 16.5 Å². The van der Waals surface area contributed by atoms with Crippen LogP contribution in [0.1, 0.15) is 16.5 Å². The molecule has 0 aliphatic rings. The lowest BCUT2D eigenvalue weighted by atomic mass is 10.1. The summed E-state index contributed by atoms with van der Waals surface area (Å²) in [6.45, 7) is 2.05. The van der Waals surface area contributed by atoms with Crippen molar-refractivity contribution in [1.82, 2.24) is 15.1 Å². The van der Waals surface area contributed by atoms with Gasteiger partial charge in [0.05, 0.1) is 19.2 Å². The third kappa shape index (κ3) is 3.50. The number of thiazole rings is 1. The molecular weight excluding hydrogens is 346 g/mol. The molecule has 5 nitrogen and oxygen atoms in total. The van der Waals surface area contributed by atoms with E-state index in [1.807, 2.05) is 60.8 Å². The molecule has 26 heavy (non-hydrogen) atoms. The van der Waals surface area contributed by atoms with E-state index in [0.29, 0.717) is 18.1 Å². The van der Waals surface area contributed by atoms with Crippen molar-refractivity contribution in [2.24, 2.45) is 0 Å². The molecule has 0 atom stereocenters. The van der Waals surface area contributed by atoms with Crippen molar-refractivity contribution >= 4 is 11.3 Å². The van der Waals surface area contributed by atoms with Gasteiger partial charge in [-0.2, -0.15) is 4.98 Å². The van der Waals surface area contributed by atoms with Crippen LogP contribution >= 0.6 is 11.3 Å². The van der Waals surface area contributed by atoms with Gasteiger partial charge in [-0.1, -0.05) is 35.0 Å². The smallest absolute Gasteiger partial charge is 0.233 e. The lowest BCUT2D eigenvalue weighted by molar-refractivity contribution is 0.385. The Balaban J connectivity index is 1.49. The molecule has 6 heteroatoms. The number of hydrogen-bond acceptors (Lipinski definition) is 6. The molecule has 0 radical (unpaired) electrons. The molecule has 0 saturated carbocycles. The first-order valence-corrected chi connectivity index (χ1v) is 9.08. The Morgan fingerprint density at radius 2 is 1.69 bits per heavy atom. The van der Waals surface area contributed by atoms with Crippen molar-refractivity contribution in [3.05, 3.63) is 70.4 Å². The van der Waals surface area contributed by atoms with Gasteiger partial charge in [-0.15, -0.1) is 11.3 Å². The molecule has 2 aromatic carbocycles. The summed E-state index contributed by atoms with van der Waals surface area (Å²) in [5.74, 6) is 2.00. The maximum Gasteiger partial charge on any atom is 0.233 e. The van der Waals surface area contributed by atoms with E-state index in [9.17, 15) is 0 Å². The van der Waals surface area contributed by atoms with E-state index >= 15 is 0 Å². The van der Waals surface area contributed by atoms with Crippen LogP contribution in [0.4, 0.5) is 0 Å². The van der Waals surface area contributed by atoms with Gasteiger partial charge in [0.25, 0.3) is 0 Å². The Hall–Kier alpha value is -2.99. The van der Waals surface area contributed by atoms with E-state index in [0.717, 1.165) is 27.6 Å². The van der Waals surface area contributed by atoms with E-state index in [-0.39, 0.29) is 0 Å². The minimum Gasteiger partial charge on any atom is -0.497 e. The highest BCUT2D eigenvalue weighted by Crippen LogP contribution is 2.25. The van der Waals surface area contributed by atoms with Crippen molar-refractivity contribution in [3.8, 4) is 28.4 Å². The second-order valence-electron chi connectivity index (χ2n) is 5.91. The van der Waals surface area contributed by atoms with Gasteiger partial charge >= 0.3 is 0 Å². The molecule has 0 aliphatic heterocycles. The Labute approximate surface area is 155 Å².